The Balaban J connectivity index is 1.72. The minimum atomic E-state index is 0.202. The normalized spacial score (nSPS) is 23.5. The van der Waals surface area contributed by atoms with Crippen LogP contribution in [0.25, 0.3) is 11.0 Å². The highest BCUT2D eigenvalue weighted by atomic mass is 16.3. The monoisotopic (exact) mass is 257 g/mol. The average Bonchev–Trinajstić information content (AvgIpc) is 2.68. The van der Waals surface area contributed by atoms with Gasteiger partial charge in [-0.25, -0.2) is 0 Å². The van der Waals surface area contributed by atoms with Crippen molar-refractivity contribution in [2.45, 2.75) is 45.1 Å². The van der Waals surface area contributed by atoms with E-state index in [-0.39, 0.29) is 5.54 Å². The van der Waals surface area contributed by atoms with Gasteiger partial charge in [0.25, 0.3) is 0 Å². The molecule has 2 nitrogen and oxygen atoms in total. The molecule has 1 saturated carbocycles. The van der Waals surface area contributed by atoms with Crippen LogP contribution in [0.3, 0.4) is 0 Å². The second kappa shape index (κ2) is 4.68. The van der Waals surface area contributed by atoms with Crippen molar-refractivity contribution in [2.24, 2.45) is 5.92 Å². The lowest BCUT2D eigenvalue weighted by Gasteiger charge is -2.37. The fourth-order valence-electron chi connectivity index (χ4n) is 2.81. The van der Waals surface area contributed by atoms with E-state index in [2.05, 4.69) is 50.4 Å². The van der Waals surface area contributed by atoms with E-state index in [4.69, 9.17) is 4.42 Å². The second-order valence-electron chi connectivity index (χ2n) is 6.76. The SMILES string of the molecule is CC(C)(C)NCC1CCC1c1cc2ccccc2o1. The molecule has 1 aromatic carbocycles. The zero-order valence-corrected chi connectivity index (χ0v) is 12.1. The van der Waals surface area contributed by atoms with Crippen molar-refractivity contribution in [3.8, 4) is 0 Å². The van der Waals surface area contributed by atoms with Crippen LogP contribution in [0.15, 0.2) is 34.7 Å². The number of hydrogen-bond donors (Lipinski definition) is 1. The fraction of sp³-hybridized carbons (Fsp3) is 0.529. The maximum absolute atomic E-state index is 6.01. The van der Waals surface area contributed by atoms with Crippen LogP contribution in [0.1, 0.15) is 45.3 Å². The molecule has 0 saturated heterocycles. The van der Waals surface area contributed by atoms with Crippen molar-refractivity contribution in [1.29, 1.82) is 0 Å². The van der Waals surface area contributed by atoms with E-state index in [1.54, 1.807) is 0 Å². The molecule has 2 aromatic rings. The van der Waals surface area contributed by atoms with Crippen molar-refractivity contribution in [2.75, 3.05) is 6.54 Å². The van der Waals surface area contributed by atoms with E-state index in [0.29, 0.717) is 5.92 Å². The first-order valence-corrected chi connectivity index (χ1v) is 7.26. The van der Waals surface area contributed by atoms with Crippen molar-refractivity contribution >= 4 is 11.0 Å². The molecule has 1 aliphatic rings. The molecule has 1 heterocycles. The molecule has 0 spiro atoms. The summed E-state index contributed by atoms with van der Waals surface area (Å²) < 4.78 is 6.01. The first-order valence-electron chi connectivity index (χ1n) is 7.26. The van der Waals surface area contributed by atoms with Gasteiger partial charge in [-0.2, -0.15) is 0 Å². The first-order chi connectivity index (χ1) is 9.03. The zero-order valence-electron chi connectivity index (χ0n) is 12.1. The van der Waals surface area contributed by atoms with Gasteiger partial charge in [0.2, 0.25) is 0 Å². The average molecular weight is 257 g/mol. The molecule has 0 aliphatic heterocycles. The lowest BCUT2D eigenvalue weighted by molar-refractivity contribution is 0.203. The summed E-state index contributed by atoms with van der Waals surface area (Å²) in [6.45, 7) is 7.76. The summed E-state index contributed by atoms with van der Waals surface area (Å²) in [7, 11) is 0. The molecular formula is C17H23NO. The summed E-state index contributed by atoms with van der Waals surface area (Å²) in [5, 5.41) is 4.84. The lowest BCUT2D eigenvalue weighted by atomic mass is 9.72. The molecule has 0 bridgehead atoms. The van der Waals surface area contributed by atoms with E-state index in [0.717, 1.165) is 18.0 Å². The highest BCUT2D eigenvalue weighted by molar-refractivity contribution is 5.77. The third-order valence-corrected chi connectivity index (χ3v) is 4.12. The van der Waals surface area contributed by atoms with Crippen molar-refractivity contribution < 1.29 is 4.42 Å². The number of fused-ring (bicyclic) bond motifs is 1. The molecule has 3 rings (SSSR count). The third kappa shape index (κ3) is 2.69. The number of nitrogens with one attached hydrogen (secondary N) is 1. The van der Waals surface area contributed by atoms with Gasteiger partial charge in [-0.1, -0.05) is 18.2 Å². The number of benzene rings is 1. The summed E-state index contributed by atoms with van der Waals surface area (Å²) in [6, 6.07) is 10.5. The highest BCUT2D eigenvalue weighted by Crippen LogP contribution is 2.43. The minimum Gasteiger partial charge on any atom is -0.461 e. The molecular weight excluding hydrogens is 234 g/mol. The van der Waals surface area contributed by atoms with Gasteiger partial charge in [-0.3, -0.25) is 0 Å². The van der Waals surface area contributed by atoms with Crippen LogP contribution in [0.4, 0.5) is 0 Å². The summed E-state index contributed by atoms with van der Waals surface area (Å²) >= 11 is 0. The van der Waals surface area contributed by atoms with Crippen LogP contribution in [-0.2, 0) is 0 Å². The lowest BCUT2D eigenvalue weighted by Crippen LogP contribution is -2.42. The van der Waals surface area contributed by atoms with Gasteiger partial charge in [0.05, 0.1) is 0 Å². The van der Waals surface area contributed by atoms with Crippen LogP contribution in [0.2, 0.25) is 0 Å². The van der Waals surface area contributed by atoms with Crippen molar-refractivity contribution in [1.82, 2.24) is 5.32 Å². The van der Waals surface area contributed by atoms with Gasteiger partial charge >= 0.3 is 0 Å². The van der Waals surface area contributed by atoms with Crippen molar-refractivity contribution in [3.05, 3.63) is 36.1 Å². The van der Waals surface area contributed by atoms with E-state index < -0.39 is 0 Å². The summed E-state index contributed by atoms with van der Waals surface area (Å²) in [4.78, 5) is 0. The summed E-state index contributed by atoms with van der Waals surface area (Å²) in [5.41, 5.74) is 1.22. The van der Waals surface area contributed by atoms with Gasteiger partial charge in [-0.15, -0.1) is 0 Å². The minimum absolute atomic E-state index is 0.202. The molecule has 102 valence electrons. The Morgan fingerprint density at radius 2 is 2.00 bits per heavy atom. The maximum Gasteiger partial charge on any atom is 0.134 e. The predicted molar refractivity (Wildman–Crippen MR) is 79.4 cm³/mol. The van der Waals surface area contributed by atoms with Gasteiger partial charge in [0.1, 0.15) is 11.3 Å². The van der Waals surface area contributed by atoms with E-state index in [1.165, 1.54) is 24.0 Å². The Kier molecular flexibility index (Phi) is 3.14. The quantitative estimate of drug-likeness (QED) is 0.886. The summed E-state index contributed by atoms with van der Waals surface area (Å²) in [6.07, 6.45) is 2.57. The van der Waals surface area contributed by atoms with Gasteiger partial charge in [0.15, 0.2) is 0 Å². The summed E-state index contributed by atoms with van der Waals surface area (Å²) in [5.74, 6) is 2.50. The molecule has 1 fully saturated rings. The van der Waals surface area contributed by atoms with Crippen LogP contribution in [-0.4, -0.2) is 12.1 Å². The third-order valence-electron chi connectivity index (χ3n) is 4.12. The second-order valence-corrected chi connectivity index (χ2v) is 6.76. The maximum atomic E-state index is 6.01. The van der Waals surface area contributed by atoms with Crippen molar-refractivity contribution in [3.63, 3.8) is 0 Å². The highest BCUT2D eigenvalue weighted by Gasteiger charge is 2.34. The molecule has 2 heteroatoms. The molecule has 1 N–H and O–H groups in total. The van der Waals surface area contributed by atoms with Gasteiger partial charge < -0.3 is 9.73 Å². The Bertz CT molecular complexity index is 531. The van der Waals surface area contributed by atoms with Gasteiger partial charge in [0, 0.05) is 16.8 Å². The van der Waals surface area contributed by atoms with E-state index in [9.17, 15) is 0 Å². The fourth-order valence-corrected chi connectivity index (χ4v) is 2.81. The van der Waals surface area contributed by atoms with Crippen LogP contribution >= 0.6 is 0 Å². The molecule has 2 unspecified atom stereocenters. The molecule has 1 aromatic heterocycles. The van der Waals surface area contributed by atoms with E-state index in [1.807, 2.05) is 6.07 Å². The largest absolute Gasteiger partial charge is 0.461 e. The Morgan fingerprint density at radius 1 is 1.21 bits per heavy atom. The van der Waals surface area contributed by atoms with Crippen LogP contribution in [0.5, 0.6) is 0 Å². The molecule has 2 atom stereocenters. The molecule has 19 heavy (non-hydrogen) atoms. The standard InChI is InChI=1S/C17H23NO/c1-17(2,3)18-11-13-8-9-14(13)16-10-12-6-4-5-7-15(12)19-16/h4-7,10,13-14,18H,8-9,11H2,1-3H3. The first kappa shape index (κ1) is 12.7. The Hall–Kier alpha value is -1.28. The molecule has 1 aliphatic carbocycles. The topological polar surface area (TPSA) is 25.2 Å². The Morgan fingerprint density at radius 3 is 2.63 bits per heavy atom. The molecule has 0 amide bonds. The van der Waals surface area contributed by atoms with Gasteiger partial charge in [-0.05, 0) is 58.2 Å². The number of para-hydroxylation sites is 1. The zero-order chi connectivity index (χ0) is 13.5. The van der Waals surface area contributed by atoms with E-state index >= 15 is 0 Å². The smallest absolute Gasteiger partial charge is 0.134 e. The number of hydrogen-bond acceptors (Lipinski definition) is 2. The van der Waals surface area contributed by atoms with Crippen LogP contribution < -0.4 is 5.32 Å². The number of rotatable bonds is 3. The predicted octanol–water partition coefficient (Wildman–Crippen LogP) is 4.31. The molecule has 0 radical (unpaired) electrons. The van der Waals surface area contributed by atoms with Crippen LogP contribution in [0, 0.1) is 5.92 Å². The number of furan rings is 1. The Labute approximate surface area is 115 Å².